The molecule has 0 saturated carbocycles. The summed E-state index contributed by atoms with van der Waals surface area (Å²) < 4.78 is 8.84. The van der Waals surface area contributed by atoms with Gasteiger partial charge in [0, 0.05) is 37.9 Å². The average Bonchev–Trinajstić information content (AvgIpc) is 3.38. The van der Waals surface area contributed by atoms with Gasteiger partial charge in [0.15, 0.2) is 22.1 Å². The van der Waals surface area contributed by atoms with Crippen molar-refractivity contribution in [2.75, 3.05) is 25.4 Å². The molecule has 0 atom stereocenters. The number of fused-ring (bicyclic) bond motifs is 2. The van der Waals surface area contributed by atoms with Crippen LogP contribution in [0, 0.1) is 5.92 Å². The quantitative estimate of drug-likeness (QED) is 0.548. The van der Waals surface area contributed by atoms with Crippen molar-refractivity contribution in [3.63, 3.8) is 0 Å². The molecule has 168 valence electrons. The number of carbonyl (C=O) groups is 1. The summed E-state index contributed by atoms with van der Waals surface area (Å²) in [4.78, 5) is 28.1. The predicted molar refractivity (Wildman–Crippen MR) is 127 cm³/mol. The molecule has 1 amide bonds. The smallest absolute Gasteiger partial charge is 0.219 e. The topological polar surface area (TPSA) is 99.2 Å². The van der Waals surface area contributed by atoms with E-state index < -0.39 is 0 Å². The Morgan fingerprint density at radius 3 is 2.91 bits per heavy atom. The predicted octanol–water partition coefficient (Wildman–Crippen LogP) is 3.91. The molecule has 0 unspecified atom stereocenters. The summed E-state index contributed by atoms with van der Waals surface area (Å²) in [7, 11) is 0. The number of anilines is 1. The second-order valence-electron chi connectivity index (χ2n) is 8.31. The maximum Gasteiger partial charge on any atom is 0.219 e. The molecule has 2 aromatic heterocycles. The van der Waals surface area contributed by atoms with Crippen LogP contribution in [0.2, 0.25) is 0 Å². The zero-order valence-electron chi connectivity index (χ0n) is 17.9. The van der Waals surface area contributed by atoms with E-state index in [9.17, 15) is 4.79 Å². The fraction of sp³-hybridized carbons (Fsp3) is 0.455. The highest BCUT2D eigenvalue weighted by Crippen LogP contribution is 2.40. The van der Waals surface area contributed by atoms with E-state index in [2.05, 4.69) is 42.6 Å². The third-order valence-electron chi connectivity index (χ3n) is 6.27. The van der Waals surface area contributed by atoms with Gasteiger partial charge in [-0.25, -0.2) is 15.0 Å². The molecule has 10 heteroatoms. The lowest BCUT2D eigenvalue weighted by atomic mass is 9.93. The summed E-state index contributed by atoms with van der Waals surface area (Å²) in [6, 6.07) is 4.25. The van der Waals surface area contributed by atoms with Crippen molar-refractivity contribution in [2.45, 2.75) is 49.2 Å². The van der Waals surface area contributed by atoms with Crippen LogP contribution < -0.4 is 10.5 Å². The minimum absolute atomic E-state index is 0.167. The molecule has 0 radical (unpaired) electrons. The third kappa shape index (κ3) is 4.17. The molecule has 4 heterocycles. The number of likely N-dealkylation sites (tertiary alicyclic amines) is 1. The van der Waals surface area contributed by atoms with Gasteiger partial charge in [-0.3, -0.25) is 4.79 Å². The number of hydrogen-bond acceptors (Lipinski definition) is 7. The number of piperidine rings is 1. The van der Waals surface area contributed by atoms with Crippen LogP contribution in [0.4, 0.5) is 5.82 Å². The number of nitrogen functional groups attached to an aromatic ring is 1. The minimum Gasteiger partial charge on any atom is -0.492 e. The first-order chi connectivity index (χ1) is 15.5. The molecular formula is C22H25BrN6O2S. The van der Waals surface area contributed by atoms with Crippen LogP contribution in [0.1, 0.15) is 31.7 Å². The summed E-state index contributed by atoms with van der Waals surface area (Å²) in [6.07, 6.45) is 5.48. The molecule has 0 spiro atoms. The van der Waals surface area contributed by atoms with Gasteiger partial charge in [-0.1, -0.05) is 11.8 Å². The van der Waals surface area contributed by atoms with Crippen LogP contribution in [0.25, 0.3) is 11.2 Å². The first-order valence-corrected chi connectivity index (χ1v) is 12.5. The Bertz CT molecular complexity index is 1170. The maximum atomic E-state index is 11.6. The van der Waals surface area contributed by atoms with E-state index >= 15 is 0 Å². The summed E-state index contributed by atoms with van der Waals surface area (Å²) in [5.41, 5.74) is 8.74. The number of amides is 1. The summed E-state index contributed by atoms with van der Waals surface area (Å²) in [5.74, 6) is 2.08. The molecule has 3 aromatic rings. The lowest BCUT2D eigenvalue weighted by Gasteiger charge is -2.31. The van der Waals surface area contributed by atoms with E-state index in [4.69, 9.17) is 15.5 Å². The fourth-order valence-corrected chi connectivity index (χ4v) is 6.24. The number of nitrogens with zero attached hydrogens (tertiary/aromatic N) is 5. The molecule has 1 fully saturated rings. The molecule has 8 nitrogen and oxygen atoms in total. The molecule has 0 aliphatic carbocycles. The van der Waals surface area contributed by atoms with Gasteiger partial charge < -0.3 is 19.9 Å². The first-order valence-electron chi connectivity index (χ1n) is 10.8. The fourth-order valence-electron chi connectivity index (χ4n) is 4.46. The lowest BCUT2D eigenvalue weighted by Crippen LogP contribution is -2.37. The molecule has 1 saturated heterocycles. The highest BCUT2D eigenvalue weighted by Gasteiger charge is 2.23. The Hall–Kier alpha value is -2.33. The average molecular weight is 517 g/mol. The Morgan fingerprint density at radius 2 is 2.12 bits per heavy atom. The minimum atomic E-state index is 0.167. The number of rotatable bonds is 5. The van der Waals surface area contributed by atoms with Gasteiger partial charge in [0.25, 0.3) is 0 Å². The van der Waals surface area contributed by atoms with Crippen molar-refractivity contribution < 1.29 is 9.53 Å². The monoisotopic (exact) mass is 516 g/mol. The van der Waals surface area contributed by atoms with Gasteiger partial charge in [0.05, 0.1) is 11.1 Å². The highest BCUT2D eigenvalue weighted by molar-refractivity contribution is 9.10. The lowest BCUT2D eigenvalue weighted by molar-refractivity contribution is -0.130. The first kappa shape index (κ1) is 21.5. The van der Waals surface area contributed by atoms with Crippen LogP contribution in [-0.4, -0.2) is 50.0 Å². The molecule has 32 heavy (non-hydrogen) atoms. The second-order valence-corrected chi connectivity index (χ2v) is 10.2. The van der Waals surface area contributed by atoms with Crippen molar-refractivity contribution >= 4 is 50.6 Å². The molecule has 2 aliphatic rings. The Morgan fingerprint density at radius 1 is 1.31 bits per heavy atom. The zero-order valence-corrected chi connectivity index (χ0v) is 20.3. The Kier molecular flexibility index (Phi) is 5.98. The van der Waals surface area contributed by atoms with E-state index in [-0.39, 0.29) is 5.91 Å². The van der Waals surface area contributed by atoms with E-state index in [0.717, 1.165) is 77.8 Å². The van der Waals surface area contributed by atoms with Crippen molar-refractivity contribution in [1.82, 2.24) is 24.4 Å². The molecule has 0 bridgehead atoms. The van der Waals surface area contributed by atoms with Crippen molar-refractivity contribution in [3.8, 4) is 5.75 Å². The second kappa shape index (κ2) is 8.90. The number of hydrogen-bond donors (Lipinski definition) is 1. The zero-order chi connectivity index (χ0) is 22.2. The summed E-state index contributed by atoms with van der Waals surface area (Å²) in [6.45, 7) is 4.85. The van der Waals surface area contributed by atoms with Gasteiger partial charge >= 0.3 is 0 Å². The SMILES string of the molecule is CC(=O)N1CCC(CCn2c(Sc3cc(Br)c4c(c3)CCO4)nc3c(N)ncnc32)CC1. The van der Waals surface area contributed by atoms with Crippen LogP contribution in [0.15, 0.2) is 33.0 Å². The maximum absolute atomic E-state index is 11.6. The standard InChI is InChI=1S/C22H25BrN6O2S/c1-13(30)28-6-2-14(3-7-28)4-8-29-21-18(20(24)25-12-26-21)27-22(29)32-16-10-15-5-9-31-19(15)17(23)11-16/h10-12,14H,2-9H2,1H3,(H2,24,25,26). The third-order valence-corrected chi connectivity index (χ3v) is 7.82. The molecule has 2 aliphatic heterocycles. The Labute approximate surface area is 199 Å². The largest absolute Gasteiger partial charge is 0.492 e. The molecule has 1 aromatic carbocycles. The van der Waals surface area contributed by atoms with Crippen molar-refractivity contribution in [2.24, 2.45) is 5.92 Å². The Balaban J connectivity index is 1.40. The van der Waals surface area contributed by atoms with Gasteiger partial charge in [0.2, 0.25) is 5.91 Å². The number of carbonyl (C=O) groups excluding carboxylic acids is 1. The molecule has 2 N–H and O–H groups in total. The van der Waals surface area contributed by atoms with E-state index in [0.29, 0.717) is 17.3 Å². The number of ether oxygens (including phenoxy) is 1. The van der Waals surface area contributed by atoms with Crippen LogP contribution in [0.5, 0.6) is 5.75 Å². The van der Waals surface area contributed by atoms with E-state index in [1.807, 2.05) is 4.90 Å². The number of nitrogens with two attached hydrogens (primary N) is 1. The number of halogens is 1. The van der Waals surface area contributed by atoms with Crippen LogP contribution in [-0.2, 0) is 17.8 Å². The molecular weight excluding hydrogens is 492 g/mol. The van der Waals surface area contributed by atoms with E-state index in [1.54, 1.807) is 18.7 Å². The highest BCUT2D eigenvalue weighted by atomic mass is 79.9. The van der Waals surface area contributed by atoms with E-state index in [1.165, 1.54) is 11.9 Å². The van der Waals surface area contributed by atoms with Crippen molar-refractivity contribution in [3.05, 3.63) is 28.5 Å². The van der Waals surface area contributed by atoms with Gasteiger partial charge in [-0.05, 0) is 58.8 Å². The number of benzene rings is 1. The normalized spacial score (nSPS) is 16.4. The number of aromatic nitrogens is 4. The van der Waals surface area contributed by atoms with Gasteiger partial charge in [0.1, 0.15) is 12.1 Å². The number of imidazole rings is 1. The van der Waals surface area contributed by atoms with Crippen LogP contribution >= 0.6 is 27.7 Å². The van der Waals surface area contributed by atoms with Gasteiger partial charge in [-0.2, -0.15) is 0 Å². The van der Waals surface area contributed by atoms with Crippen molar-refractivity contribution in [1.29, 1.82) is 0 Å². The summed E-state index contributed by atoms with van der Waals surface area (Å²) in [5, 5.41) is 0.860. The summed E-state index contributed by atoms with van der Waals surface area (Å²) >= 11 is 5.25. The van der Waals surface area contributed by atoms with Crippen LogP contribution in [0.3, 0.4) is 0 Å². The molecule has 5 rings (SSSR count). The van der Waals surface area contributed by atoms with Gasteiger partial charge in [-0.15, -0.1) is 0 Å². The number of aryl methyl sites for hydroxylation is 1.